The van der Waals surface area contributed by atoms with E-state index in [4.69, 9.17) is 66.8 Å². The van der Waals surface area contributed by atoms with Crippen LogP contribution in [-0.4, -0.2) is 170 Å². The molecule has 0 N–H and O–H groups in total. The number of aryl methyl sites for hydroxylation is 4. The molecule has 492 valence electrons. The summed E-state index contributed by atoms with van der Waals surface area (Å²) in [6.45, 7) is 52.7. The predicted octanol–water partition coefficient (Wildman–Crippen LogP) is 13.0. The van der Waals surface area contributed by atoms with E-state index in [1.807, 2.05) is 120 Å². The maximum absolute atomic E-state index is 11.6. The number of amides is 6. The first-order chi connectivity index (χ1) is 40.9. The Morgan fingerprint density at radius 3 is 1.18 bits per heavy atom. The van der Waals surface area contributed by atoms with Crippen molar-refractivity contribution in [2.45, 2.75) is 214 Å². The molecule has 0 aromatic carbocycles. The summed E-state index contributed by atoms with van der Waals surface area (Å²) >= 11 is 20.8. The van der Waals surface area contributed by atoms with Crippen molar-refractivity contribution in [1.82, 2.24) is 49.5 Å². The summed E-state index contributed by atoms with van der Waals surface area (Å²) in [5.74, 6) is 3.25. The molecule has 4 aromatic rings. The van der Waals surface area contributed by atoms with E-state index in [2.05, 4.69) is 63.7 Å². The third-order valence-corrected chi connectivity index (χ3v) is 15.3. The highest BCUT2D eigenvalue weighted by atomic mass is 32.1. The van der Waals surface area contributed by atoms with Gasteiger partial charge in [0.2, 0.25) is 5.91 Å². The Morgan fingerprint density at radius 2 is 0.886 bits per heavy atom. The van der Waals surface area contributed by atoms with E-state index < -0.39 is 0 Å². The lowest BCUT2D eigenvalue weighted by atomic mass is 10.0. The van der Waals surface area contributed by atoms with Gasteiger partial charge in [0.15, 0.2) is 21.1 Å². The number of imide groups is 1. The summed E-state index contributed by atoms with van der Waals surface area (Å²) in [6.07, 6.45) is 6.23. The van der Waals surface area contributed by atoms with Crippen LogP contribution in [0, 0.1) is 27.7 Å². The quantitative estimate of drug-likeness (QED) is 0.0954. The van der Waals surface area contributed by atoms with Gasteiger partial charge in [-0.3, -0.25) is 33.9 Å². The Bertz CT molecular complexity index is 2850. The molecule has 0 atom stereocenters. The zero-order chi connectivity index (χ0) is 67.8. The van der Waals surface area contributed by atoms with Gasteiger partial charge >= 0.3 is 12.1 Å². The number of carbonyl (C=O) groups excluding carboxylic acids is 4. The fourth-order valence-electron chi connectivity index (χ4n) is 8.53. The minimum atomic E-state index is -0.155. The Morgan fingerprint density at radius 1 is 0.455 bits per heavy atom. The van der Waals surface area contributed by atoms with E-state index in [1.54, 1.807) is 45.8 Å². The molecule has 0 aliphatic carbocycles. The maximum Gasteiger partial charge on any atom is 0.327 e. The van der Waals surface area contributed by atoms with Crippen LogP contribution >= 0.6 is 48.9 Å². The molecule has 4 saturated heterocycles. The fourth-order valence-corrected chi connectivity index (χ4v) is 10.5. The van der Waals surface area contributed by atoms with Crippen molar-refractivity contribution in [2.75, 3.05) is 52.4 Å². The van der Waals surface area contributed by atoms with Gasteiger partial charge in [-0.15, -0.1) is 0 Å². The maximum atomic E-state index is 11.6. The van der Waals surface area contributed by atoms with E-state index in [1.165, 1.54) is 29.3 Å². The number of hydrogen-bond donors (Lipinski definition) is 0. The molecule has 8 heterocycles. The fraction of sp³-hybridized carbons (Fsp3) is 0.625. The molecule has 4 aromatic heterocycles. The smallest absolute Gasteiger partial charge is 0.327 e. The van der Waals surface area contributed by atoms with Crippen LogP contribution < -0.4 is 10.9 Å². The van der Waals surface area contributed by atoms with Crippen LogP contribution in [0.25, 0.3) is 0 Å². The van der Waals surface area contributed by atoms with Gasteiger partial charge < -0.3 is 42.4 Å². The lowest BCUT2D eigenvalue weighted by molar-refractivity contribution is -0.127. The molecule has 0 saturated carbocycles. The molecular weight excluding hydrogens is 1200 g/mol. The van der Waals surface area contributed by atoms with Crippen LogP contribution in [0.5, 0.6) is 0 Å². The standard InChI is InChI=1S/2C9H12O2.C8H14N2O2.2C8H14N2OS.C8H14N2S2.2C7H11NO/c1-6(2)9-4-8(10)7(3)5-11-9;1-6(2)8-5-11-4-7(3)9(8)10;1-4-9-5-7(11)10(6(2)3)8(9)12;1-4-9-5-7(12)10(6(2)3)8(9)11;2*1-4-9-5-7(11)10(6(2)3)8(9)12;1-5(2)7-4-9-8-6(7)3;1-5(2)7-4-6(3)8-9-7/h2*4-6H,1-3H3;4*6H,4-5H2,1-3H3;2*4-5H,1-3H3. The van der Waals surface area contributed by atoms with Gasteiger partial charge in [-0.05, 0) is 147 Å². The van der Waals surface area contributed by atoms with Crippen molar-refractivity contribution in [1.29, 1.82) is 0 Å². The molecule has 6 amide bonds. The molecule has 24 heteroatoms. The average Bonchev–Trinajstić information content (AvgIpc) is 4.04. The second kappa shape index (κ2) is 38.3. The summed E-state index contributed by atoms with van der Waals surface area (Å²) in [7, 11) is 0. The molecule has 0 radical (unpaired) electrons. The number of urea groups is 2. The SMILES string of the molecule is CCN1CC(=O)N(C(C)C)C1=O.CCN1CC(=O)N(C(C)C)C1=S.CCN1CC(=S)N(C(C)C)C1=O.CCN1CC(=S)N(C(C)C)C1=S.Cc1cc(C(C)C)on1.Cc1coc(C(C)C)cc1=O.Cc1cocc(C(C)C)c1=O.Cc1nocc1C(C)C. The first-order valence-electron chi connectivity index (χ1n) is 30.4. The second-order valence-electron chi connectivity index (χ2n) is 23.6. The highest BCUT2D eigenvalue weighted by Crippen LogP contribution is 2.20. The number of rotatable bonds is 12. The summed E-state index contributed by atoms with van der Waals surface area (Å²) < 4.78 is 19.9. The number of aromatic nitrogens is 2. The number of hydrogen-bond acceptors (Lipinski definition) is 16. The highest BCUT2D eigenvalue weighted by molar-refractivity contribution is 7.82. The van der Waals surface area contributed by atoms with Gasteiger partial charge in [0.1, 0.15) is 34.3 Å². The molecule has 88 heavy (non-hydrogen) atoms. The number of thiocarbonyl (C=S) groups is 4. The van der Waals surface area contributed by atoms with Gasteiger partial charge in [-0.2, -0.15) is 0 Å². The van der Waals surface area contributed by atoms with E-state index in [0.717, 1.165) is 69.7 Å². The molecule has 20 nitrogen and oxygen atoms in total. The van der Waals surface area contributed by atoms with Crippen LogP contribution in [0.1, 0.15) is 207 Å². The number of nitrogens with zero attached hydrogens (tertiary/aromatic N) is 10. The molecule has 4 aliphatic rings. The zero-order valence-electron chi connectivity index (χ0n) is 56.9. The summed E-state index contributed by atoms with van der Waals surface area (Å²) in [5, 5.41) is 9.09. The molecule has 0 unspecified atom stereocenters. The van der Waals surface area contributed by atoms with Crippen LogP contribution in [-0.2, 0) is 9.59 Å². The number of carbonyl (C=O) groups is 4. The molecule has 8 rings (SSSR count). The van der Waals surface area contributed by atoms with Crippen LogP contribution in [0.4, 0.5) is 9.59 Å². The van der Waals surface area contributed by atoms with Gasteiger partial charge in [0.05, 0.1) is 49.8 Å². The summed E-state index contributed by atoms with van der Waals surface area (Å²) in [6, 6.07) is 4.14. The minimum absolute atomic E-state index is 0.0263. The molecule has 4 aliphatic heterocycles. The van der Waals surface area contributed by atoms with Crippen LogP contribution in [0.3, 0.4) is 0 Å². The Balaban J connectivity index is 0.000000504. The van der Waals surface area contributed by atoms with E-state index in [-0.39, 0.29) is 71.2 Å². The van der Waals surface area contributed by atoms with Gasteiger partial charge in [0.25, 0.3) is 5.91 Å². The van der Waals surface area contributed by atoms with Gasteiger partial charge in [-0.25, -0.2) is 9.59 Å². The van der Waals surface area contributed by atoms with Gasteiger partial charge in [0, 0.05) is 96.6 Å². The van der Waals surface area contributed by atoms with Crippen molar-refractivity contribution in [3.8, 4) is 0 Å². The molecule has 0 bridgehead atoms. The Kier molecular flexibility index (Phi) is 34.8. The third-order valence-electron chi connectivity index (χ3n) is 13.8. The van der Waals surface area contributed by atoms with E-state index in [0.29, 0.717) is 53.8 Å². The van der Waals surface area contributed by atoms with Crippen molar-refractivity contribution in [3.05, 3.63) is 103 Å². The normalized spacial score (nSPS) is 14.8. The van der Waals surface area contributed by atoms with Crippen LogP contribution in [0.2, 0.25) is 0 Å². The first-order valence-corrected chi connectivity index (χ1v) is 32.0. The average molecular weight is 1300 g/mol. The summed E-state index contributed by atoms with van der Waals surface area (Å²) in [5.41, 5.74) is 5.42. The topological polar surface area (TPSA) is 207 Å². The Hall–Kier alpha value is -6.24. The Labute approximate surface area is 545 Å². The molecule has 4 fully saturated rings. The molecule has 0 spiro atoms. The predicted molar refractivity (Wildman–Crippen MR) is 366 cm³/mol. The van der Waals surface area contributed by atoms with Crippen molar-refractivity contribution in [3.63, 3.8) is 0 Å². The highest BCUT2D eigenvalue weighted by Gasteiger charge is 2.37. The minimum Gasteiger partial charge on any atom is -0.472 e. The van der Waals surface area contributed by atoms with E-state index >= 15 is 0 Å². The molecular formula is C64H102N10O10S4. The third kappa shape index (κ3) is 23.9. The van der Waals surface area contributed by atoms with Crippen molar-refractivity contribution < 1.29 is 37.1 Å². The lowest BCUT2D eigenvalue weighted by Crippen LogP contribution is -2.37. The summed E-state index contributed by atoms with van der Waals surface area (Å²) in [4.78, 5) is 83.8. The van der Waals surface area contributed by atoms with E-state index in [9.17, 15) is 28.8 Å². The first kappa shape index (κ1) is 79.8. The number of likely N-dealkylation sites (N-methyl/N-ethyl adjacent to an activating group) is 4. The largest absolute Gasteiger partial charge is 0.472 e. The van der Waals surface area contributed by atoms with Crippen molar-refractivity contribution >= 4 is 92.9 Å². The second-order valence-corrected chi connectivity index (χ2v) is 25.3. The van der Waals surface area contributed by atoms with Gasteiger partial charge in [-0.1, -0.05) is 90.1 Å². The zero-order valence-corrected chi connectivity index (χ0v) is 60.2. The monoisotopic (exact) mass is 1300 g/mol. The van der Waals surface area contributed by atoms with Crippen molar-refractivity contribution in [2.24, 2.45) is 0 Å². The lowest BCUT2D eigenvalue weighted by Gasteiger charge is -2.23. The van der Waals surface area contributed by atoms with Crippen LogP contribution in [0.15, 0.2) is 64.7 Å².